The average molecular weight is 574 g/mol. The van der Waals surface area contributed by atoms with Gasteiger partial charge in [0.2, 0.25) is 5.91 Å². The quantitative estimate of drug-likeness (QED) is 0.0692. The van der Waals surface area contributed by atoms with Crippen LogP contribution in [-0.4, -0.2) is 42.3 Å². The van der Waals surface area contributed by atoms with Gasteiger partial charge in [0, 0.05) is 18.0 Å². The number of nitrogens with zero attached hydrogens (tertiary/aromatic N) is 2. The third kappa shape index (κ3) is 8.07. The molecule has 0 saturated heterocycles. The summed E-state index contributed by atoms with van der Waals surface area (Å²) in [6, 6.07) is 11.9. The molecule has 17 heteroatoms. The smallest absolute Gasteiger partial charge is 0.221 e. The van der Waals surface area contributed by atoms with Gasteiger partial charge in [-0.05, 0) is 47.9 Å². The minimum absolute atomic E-state index is 0.00293. The van der Waals surface area contributed by atoms with E-state index in [0.29, 0.717) is 28.5 Å². The lowest BCUT2D eigenvalue weighted by atomic mass is 10.1. The van der Waals surface area contributed by atoms with Crippen molar-refractivity contribution in [3.8, 4) is 5.75 Å². The molecule has 0 spiro atoms. The summed E-state index contributed by atoms with van der Waals surface area (Å²) in [5, 5.41) is 46.0. The first-order valence-electron chi connectivity index (χ1n) is 9.98. The summed E-state index contributed by atoms with van der Waals surface area (Å²) >= 11 is 0.837. The lowest BCUT2D eigenvalue weighted by Gasteiger charge is -2.10. The zero-order valence-electron chi connectivity index (χ0n) is 18.8. The number of carbonyl (C=O) groups is 1. The molecule has 0 fully saturated rings. The van der Waals surface area contributed by atoms with Crippen LogP contribution in [0, 0.1) is 0 Å². The van der Waals surface area contributed by atoms with Gasteiger partial charge in [-0.2, -0.15) is 5.11 Å². The molecule has 3 aromatic rings. The van der Waals surface area contributed by atoms with Crippen LogP contribution < -0.4 is 5.32 Å². The van der Waals surface area contributed by atoms with E-state index >= 15 is 0 Å². The van der Waals surface area contributed by atoms with Crippen molar-refractivity contribution in [1.82, 2.24) is 0 Å². The summed E-state index contributed by atoms with van der Waals surface area (Å²) in [5.74, 6) is -0.944. The average Bonchev–Trinajstić information content (AvgIpc) is 2.87. The van der Waals surface area contributed by atoms with Crippen LogP contribution in [0.2, 0.25) is 0 Å². The Morgan fingerprint density at radius 1 is 1.03 bits per heavy atom. The highest BCUT2D eigenvalue weighted by Crippen LogP contribution is 2.44. The Morgan fingerprint density at radius 3 is 2.43 bits per heavy atom. The van der Waals surface area contributed by atoms with Gasteiger partial charge in [0.15, 0.2) is 27.9 Å². The van der Waals surface area contributed by atoms with Crippen molar-refractivity contribution in [2.75, 3.05) is 17.7 Å². The molecule has 0 aliphatic rings. The zero-order valence-corrected chi connectivity index (χ0v) is 21.2. The number of sulfone groups is 1. The molecule has 0 heterocycles. The molecular formula is C20H19N3O11S3. The molecular weight excluding hydrogens is 554 g/mol. The summed E-state index contributed by atoms with van der Waals surface area (Å²) in [5.41, 5.74) is 0.680. The Hall–Kier alpha value is -2.84. The number of azo groups is 1. The second kappa shape index (κ2) is 13.6. The number of hydrogen-bond donors (Lipinski definition) is 4. The molecule has 0 aliphatic carbocycles. The van der Waals surface area contributed by atoms with E-state index in [9.17, 15) is 18.3 Å². The summed E-state index contributed by atoms with van der Waals surface area (Å²) in [7, 11) is -3.69. The number of phenols is 1. The highest BCUT2D eigenvalue weighted by atomic mass is 32.2. The molecule has 0 bridgehead atoms. The Labute approximate surface area is 218 Å². The maximum absolute atomic E-state index is 12.4. The fourth-order valence-electron chi connectivity index (χ4n) is 2.99. The van der Waals surface area contributed by atoms with Crippen LogP contribution in [0.5, 0.6) is 5.75 Å². The maximum Gasteiger partial charge on any atom is 0.221 e. The van der Waals surface area contributed by atoms with Crippen molar-refractivity contribution in [3.63, 3.8) is 0 Å². The number of amides is 1. The summed E-state index contributed by atoms with van der Waals surface area (Å²) in [6.45, 7) is 1.12. The molecule has 37 heavy (non-hydrogen) atoms. The van der Waals surface area contributed by atoms with Crippen LogP contribution in [0.1, 0.15) is 6.92 Å². The molecule has 3 aromatic carbocycles. The molecule has 4 N–H and O–H groups in total. The third-order valence-corrected chi connectivity index (χ3v) is 7.22. The Balaban J connectivity index is 1.86. The van der Waals surface area contributed by atoms with Crippen LogP contribution in [0.3, 0.4) is 0 Å². The predicted molar refractivity (Wildman–Crippen MR) is 132 cm³/mol. The van der Waals surface area contributed by atoms with Gasteiger partial charge in [-0.25, -0.2) is 18.9 Å². The molecule has 0 aliphatic heterocycles. The lowest BCUT2D eigenvalue weighted by molar-refractivity contribution is -0.434. The van der Waals surface area contributed by atoms with Gasteiger partial charge in [0.1, 0.15) is 5.69 Å². The van der Waals surface area contributed by atoms with Crippen molar-refractivity contribution in [2.45, 2.75) is 16.7 Å². The first-order valence-corrected chi connectivity index (χ1v) is 13.0. The normalized spacial score (nSPS) is 11.9. The van der Waals surface area contributed by atoms with Gasteiger partial charge in [0.05, 0.1) is 39.9 Å². The van der Waals surface area contributed by atoms with E-state index in [1.54, 1.807) is 24.3 Å². The minimum atomic E-state index is -3.69. The maximum atomic E-state index is 12.4. The standard InChI is InChI=1S/C20H19N3O11S3/c1-12(24)21-15-3-2-13-10-18(35-33-31-26)19(20(25)17(13)11-15)23-22-14-4-6-16(7-5-14)37(28,29)9-8-30-36-34-32-27/h2-7,10-11,25-27H,8-9H2,1H3,(H,21,24). The van der Waals surface area contributed by atoms with Crippen LogP contribution in [0.25, 0.3) is 10.8 Å². The van der Waals surface area contributed by atoms with Crippen LogP contribution >= 0.6 is 24.4 Å². The number of phenolic OH excluding ortho intramolecular Hbond substituents is 1. The summed E-state index contributed by atoms with van der Waals surface area (Å²) in [4.78, 5) is 11.6. The van der Waals surface area contributed by atoms with Gasteiger partial charge in [-0.3, -0.25) is 8.98 Å². The molecule has 0 saturated carbocycles. The van der Waals surface area contributed by atoms with Crippen molar-refractivity contribution in [1.29, 1.82) is 0 Å². The predicted octanol–water partition coefficient (Wildman–Crippen LogP) is 5.12. The van der Waals surface area contributed by atoms with E-state index in [2.05, 4.69) is 34.3 Å². The van der Waals surface area contributed by atoms with Crippen LogP contribution in [0.15, 0.2) is 68.6 Å². The van der Waals surface area contributed by atoms with E-state index in [-0.39, 0.29) is 57.5 Å². The number of fused-ring (bicyclic) bond motifs is 1. The van der Waals surface area contributed by atoms with Crippen molar-refractivity contribution >= 4 is 67.9 Å². The second-order valence-electron chi connectivity index (χ2n) is 6.96. The number of hydrogen-bond acceptors (Lipinski definition) is 15. The fraction of sp³-hybridized carbons (Fsp3) is 0.150. The number of rotatable bonds is 13. The Morgan fingerprint density at radius 2 is 1.76 bits per heavy atom. The number of carbonyl (C=O) groups excluding carboxylic acids is 1. The molecule has 0 aromatic heterocycles. The highest BCUT2D eigenvalue weighted by Gasteiger charge is 2.17. The van der Waals surface area contributed by atoms with Crippen molar-refractivity contribution in [3.05, 3.63) is 48.5 Å². The second-order valence-corrected chi connectivity index (χ2v) is 10.3. The van der Waals surface area contributed by atoms with Gasteiger partial charge in [-0.15, -0.1) is 13.8 Å². The molecule has 0 unspecified atom stereocenters. The Kier molecular flexibility index (Phi) is 10.6. The first-order chi connectivity index (χ1) is 17.7. The first kappa shape index (κ1) is 28.7. The van der Waals surface area contributed by atoms with E-state index in [1.165, 1.54) is 31.2 Å². The summed E-state index contributed by atoms with van der Waals surface area (Å²) < 4.78 is 38.0. The summed E-state index contributed by atoms with van der Waals surface area (Å²) in [6.07, 6.45) is 0. The lowest BCUT2D eigenvalue weighted by Crippen LogP contribution is -2.10. The topological polar surface area (TPSA) is 195 Å². The van der Waals surface area contributed by atoms with Crippen LogP contribution in [0.4, 0.5) is 17.1 Å². The number of benzene rings is 3. The van der Waals surface area contributed by atoms with Gasteiger partial charge >= 0.3 is 0 Å². The van der Waals surface area contributed by atoms with E-state index in [1.807, 2.05) is 0 Å². The molecule has 0 radical (unpaired) electrons. The van der Waals surface area contributed by atoms with Gasteiger partial charge < -0.3 is 10.4 Å². The number of anilines is 1. The fourth-order valence-corrected chi connectivity index (χ4v) is 4.90. The molecule has 0 atom stereocenters. The van der Waals surface area contributed by atoms with E-state index < -0.39 is 9.84 Å². The van der Waals surface area contributed by atoms with Crippen LogP contribution in [-0.2, 0) is 37.6 Å². The molecule has 198 valence electrons. The van der Waals surface area contributed by atoms with E-state index in [4.69, 9.17) is 14.7 Å². The van der Waals surface area contributed by atoms with Gasteiger partial charge in [0.25, 0.3) is 0 Å². The SMILES string of the molecule is CC(=O)Nc1ccc2cc(SOOO)c(N=Nc3ccc(S(=O)(=O)CCOSOOO)cc3)c(O)c2c1. The molecule has 3 rings (SSSR count). The number of nitrogens with one attached hydrogen (secondary N) is 1. The van der Waals surface area contributed by atoms with Crippen molar-refractivity contribution < 1.29 is 51.8 Å². The number of aromatic hydroxyl groups is 1. The van der Waals surface area contributed by atoms with Gasteiger partial charge in [-0.1, -0.05) is 16.1 Å². The third-order valence-electron chi connectivity index (χ3n) is 4.53. The highest BCUT2D eigenvalue weighted by molar-refractivity contribution is 7.94. The Bertz CT molecular complexity index is 1370. The minimum Gasteiger partial charge on any atom is -0.505 e. The monoisotopic (exact) mass is 573 g/mol. The zero-order chi connectivity index (χ0) is 26.8. The van der Waals surface area contributed by atoms with E-state index in [0.717, 1.165) is 0 Å². The van der Waals surface area contributed by atoms with Crippen molar-refractivity contribution in [2.24, 2.45) is 10.2 Å². The molecule has 1 amide bonds. The largest absolute Gasteiger partial charge is 0.505 e. The molecule has 14 nitrogen and oxygen atoms in total.